The van der Waals surface area contributed by atoms with Gasteiger partial charge in [-0.2, -0.15) is 5.48 Å². The summed E-state index contributed by atoms with van der Waals surface area (Å²) in [4.78, 5) is 27.1. The summed E-state index contributed by atoms with van der Waals surface area (Å²) in [6, 6.07) is 7.18. The lowest BCUT2D eigenvalue weighted by molar-refractivity contribution is -0.152. The molecule has 0 heterocycles. The molecule has 1 aromatic rings. The molecule has 0 saturated heterocycles. The highest BCUT2D eigenvalue weighted by Gasteiger charge is 2.45. The Bertz CT molecular complexity index is 572. The summed E-state index contributed by atoms with van der Waals surface area (Å²) in [5.74, 6) is -0.880. The normalized spacial score (nSPS) is 16.7. The standard InChI is InChI=1S/C15H23ClNO5P/c1-5-21-17-15(10-11(2)3,14(18)22-23(16,19)20)13-8-6-12(4)7-9-13/h6-9,11,17H,5,10H2,1-4H3,(H,19,20)/t15-/m1/s1. The summed E-state index contributed by atoms with van der Waals surface area (Å²) >= 11 is 5.22. The monoisotopic (exact) mass is 363 g/mol. The summed E-state index contributed by atoms with van der Waals surface area (Å²) < 4.78 is 15.9. The van der Waals surface area contributed by atoms with Gasteiger partial charge in [0.25, 0.3) is 0 Å². The van der Waals surface area contributed by atoms with Crippen molar-refractivity contribution in [1.82, 2.24) is 5.48 Å². The van der Waals surface area contributed by atoms with Gasteiger partial charge in [-0.05, 0) is 31.7 Å². The number of hydrogen-bond donors (Lipinski definition) is 2. The van der Waals surface area contributed by atoms with E-state index in [0.717, 1.165) is 5.56 Å². The lowest BCUT2D eigenvalue weighted by Gasteiger charge is -2.33. The third-order valence-electron chi connectivity index (χ3n) is 3.19. The summed E-state index contributed by atoms with van der Waals surface area (Å²) in [5.41, 5.74) is 2.87. The highest BCUT2D eigenvalue weighted by Crippen LogP contribution is 2.49. The van der Waals surface area contributed by atoms with Crippen molar-refractivity contribution in [1.29, 1.82) is 0 Å². The van der Waals surface area contributed by atoms with E-state index < -0.39 is 18.5 Å². The minimum Gasteiger partial charge on any atom is -0.379 e. The first-order valence-corrected chi connectivity index (χ1v) is 9.81. The maximum atomic E-state index is 12.6. The van der Waals surface area contributed by atoms with Crippen LogP contribution in [0, 0.1) is 12.8 Å². The number of nitrogens with one attached hydrogen (secondary N) is 1. The van der Waals surface area contributed by atoms with Crippen LogP contribution < -0.4 is 5.48 Å². The molecule has 0 saturated carbocycles. The first kappa shape index (κ1) is 20.1. The molecule has 0 bridgehead atoms. The van der Waals surface area contributed by atoms with Crippen molar-refractivity contribution in [3.63, 3.8) is 0 Å². The molecule has 0 aliphatic carbocycles. The van der Waals surface area contributed by atoms with E-state index in [0.29, 0.717) is 18.6 Å². The second-order valence-corrected chi connectivity index (χ2v) is 8.10. The van der Waals surface area contributed by atoms with Gasteiger partial charge in [0, 0.05) is 11.2 Å². The number of hydrogen-bond acceptors (Lipinski definition) is 5. The third kappa shape index (κ3) is 5.90. The van der Waals surface area contributed by atoms with Crippen LogP contribution in [0.2, 0.25) is 0 Å². The lowest BCUT2D eigenvalue weighted by Crippen LogP contribution is -2.50. The van der Waals surface area contributed by atoms with E-state index in [2.05, 4.69) is 10.0 Å². The summed E-state index contributed by atoms with van der Waals surface area (Å²) in [6.45, 7) is 3.32. The Labute approximate surface area is 141 Å². The second-order valence-electron chi connectivity index (χ2n) is 5.73. The van der Waals surface area contributed by atoms with Gasteiger partial charge in [-0.25, -0.2) is 9.36 Å². The minimum absolute atomic E-state index is 0.0743. The Kier molecular flexibility index (Phi) is 7.24. The number of aryl methyl sites for hydroxylation is 1. The molecule has 2 atom stereocenters. The molecule has 8 heteroatoms. The van der Waals surface area contributed by atoms with Gasteiger partial charge >= 0.3 is 12.9 Å². The Morgan fingerprint density at radius 2 is 1.96 bits per heavy atom. The largest absolute Gasteiger partial charge is 0.476 e. The topological polar surface area (TPSA) is 84.9 Å². The molecular formula is C15H23ClNO5P. The predicted octanol–water partition coefficient (Wildman–Crippen LogP) is 3.66. The SMILES string of the molecule is CCON[C@@](CC(C)C)(C(=O)OP(=O)(O)Cl)c1ccc(C)cc1. The molecule has 0 aliphatic heterocycles. The van der Waals surface area contributed by atoms with E-state index in [-0.39, 0.29) is 5.92 Å². The number of rotatable bonds is 8. The molecule has 0 fully saturated rings. The summed E-state index contributed by atoms with van der Waals surface area (Å²) in [6.07, 6.45) is 0.297. The van der Waals surface area contributed by atoms with Gasteiger partial charge in [0.15, 0.2) is 5.54 Å². The van der Waals surface area contributed by atoms with Crippen molar-refractivity contribution >= 4 is 24.2 Å². The molecule has 0 spiro atoms. The molecule has 1 rings (SSSR count). The molecule has 1 aromatic carbocycles. The zero-order valence-corrected chi connectivity index (χ0v) is 15.4. The summed E-state index contributed by atoms with van der Waals surface area (Å²) in [7, 11) is 0. The fraction of sp³-hybridized carbons (Fsp3) is 0.533. The number of hydroxylamine groups is 1. The van der Waals surface area contributed by atoms with E-state index in [9.17, 15) is 14.3 Å². The molecule has 0 aromatic heterocycles. The van der Waals surface area contributed by atoms with Crippen LogP contribution in [-0.4, -0.2) is 17.5 Å². The number of benzene rings is 1. The molecule has 2 N–H and O–H groups in total. The van der Waals surface area contributed by atoms with Crippen LogP contribution in [0.4, 0.5) is 0 Å². The fourth-order valence-electron chi connectivity index (χ4n) is 2.29. The van der Waals surface area contributed by atoms with Crippen molar-refractivity contribution in [2.75, 3.05) is 6.61 Å². The first-order chi connectivity index (χ1) is 10.6. The van der Waals surface area contributed by atoms with Crippen LogP contribution in [0.5, 0.6) is 0 Å². The van der Waals surface area contributed by atoms with E-state index >= 15 is 0 Å². The van der Waals surface area contributed by atoms with Gasteiger partial charge in [0.1, 0.15) is 0 Å². The molecule has 1 unspecified atom stereocenters. The van der Waals surface area contributed by atoms with Crippen molar-refractivity contribution in [2.24, 2.45) is 5.92 Å². The maximum Gasteiger partial charge on any atom is 0.476 e. The van der Waals surface area contributed by atoms with Crippen LogP contribution in [0.15, 0.2) is 24.3 Å². The lowest BCUT2D eigenvalue weighted by atomic mass is 9.83. The highest BCUT2D eigenvalue weighted by molar-refractivity contribution is 7.80. The van der Waals surface area contributed by atoms with Crippen LogP contribution in [0.1, 0.15) is 38.3 Å². The van der Waals surface area contributed by atoms with E-state index in [4.69, 9.17) is 16.1 Å². The molecule has 0 amide bonds. The average Bonchev–Trinajstić information content (AvgIpc) is 2.42. The second kappa shape index (κ2) is 8.27. The minimum atomic E-state index is -4.50. The van der Waals surface area contributed by atoms with Crippen LogP contribution in [-0.2, 0) is 24.3 Å². The zero-order valence-electron chi connectivity index (χ0n) is 13.7. The zero-order chi connectivity index (χ0) is 17.7. The van der Waals surface area contributed by atoms with Gasteiger partial charge in [-0.3, -0.25) is 0 Å². The van der Waals surface area contributed by atoms with Gasteiger partial charge in [-0.15, -0.1) is 0 Å². The smallest absolute Gasteiger partial charge is 0.379 e. The predicted molar refractivity (Wildman–Crippen MR) is 88.8 cm³/mol. The molecule has 130 valence electrons. The van der Waals surface area contributed by atoms with Crippen molar-refractivity contribution in [3.05, 3.63) is 35.4 Å². The number of carbonyl (C=O) groups excluding carboxylic acids is 1. The van der Waals surface area contributed by atoms with Crippen molar-refractivity contribution in [2.45, 2.75) is 39.7 Å². The molecule has 0 aliphatic rings. The van der Waals surface area contributed by atoms with Crippen LogP contribution >= 0.6 is 18.2 Å². The third-order valence-corrected chi connectivity index (χ3v) is 3.79. The fourth-order valence-corrected chi connectivity index (χ4v) is 2.84. The Hall–Kier alpha value is -0.910. The van der Waals surface area contributed by atoms with Crippen molar-refractivity contribution < 1.29 is 23.6 Å². The molecular weight excluding hydrogens is 341 g/mol. The van der Waals surface area contributed by atoms with Crippen LogP contribution in [0.25, 0.3) is 0 Å². The van der Waals surface area contributed by atoms with E-state index in [1.165, 1.54) is 0 Å². The van der Waals surface area contributed by atoms with Crippen molar-refractivity contribution in [3.8, 4) is 0 Å². The van der Waals surface area contributed by atoms with Gasteiger partial charge in [0.2, 0.25) is 0 Å². The Balaban J connectivity index is 3.36. The van der Waals surface area contributed by atoms with Crippen LogP contribution in [0.3, 0.4) is 0 Å². The Morgan fingerprint density at radius 1 is 1.39 bits per heavy atom. The summed E-state index contributed by atoms with van der Waals surface area (Å²) in [5, 5.41) is 0. The van der Waals surface area contributed by atoms with E-state index in [1.54, 1.807) is 19.1 Å². The molecule has 6 nitrogen and oxygen atoms in total. The van der Waals surface area contributed by atoms with E-state index in [1.807, 2.05) is 32.9 Å². The number of carbonyl (C=O) groups is 1. The Morgan fingerprint density at radius 3 is 2.39 bits per heavy atom. The number of halogens is 1. The molecule has 0 radical (unpaired) electrons. The highest BCUT2D eigenvalue weighted by atomic mass is 35.7. The first-order valence-electron chi connectivity index (χ1n) is 7.33. The average molecular weight is 364 g/mol. The molecule has 23 heavy (non-hydrogen) atoms. The van der Waals surface area contributed by atoms with Gasteiger partial charge in [-0.1, -0.05) is 43.7 Å². The quantitative estimate of drug-likeness (QED) is 0.541. The maximum absolute atomic E-state index is 12.6. The van der Waals surface area contributed by atoms with Gasteiger partial charge < -0.3 is 14.3 Å². The van der Waals surface area contributed by atoms with Gasteiger partial charge in [0.05, 0.1) is 6.61 Å².